The van der Waals surface area contributed by atoms with Gasteiger partial charge in [0.2, 0.25) is 0 Å². The van der Waals surface area contributed by atoms with Gasteiger partial charge in [0.15, 0.2) is 29.1 Å². The standard InChI is InChI=1S/C75H58N6/c1-5-7-9-16-36-69-77-73(81-74(79-69)64-35-23-34-61(50-64)55-26-12-10-13-27-55)60-42-46-66(47-43-60)75(67-48-38-56-28-18-20-32-62(56)51-67,68-49-39-57-29-19-21-33-63(57)52-68)65-44-40-59(41-45-65)72-78-70(76-71(80-72)58-30-14-11-15-31-58)37-22-17-25-54(4)53(3)24-8-6-2/h5-36,38-52H,1-3,37H2,4H3/b9-7-,22-17-,24-8-,36-16+,54-25+. The van der Waals surface area contributed by atoms with Crippen molar-refractivity contribution in [2.24, 2.45) is 0 Å². The highest BCUT2D eigenvalue weighted by Crippen LogP contribution is 2.47. The summed E-state index contributed by atoms with van der Waals surface area (Å²) in [6.07, 6.45) is 21.6. The van der Waals surface area contributed by atoms with E-state index in [1.807, 2.05) is 85.9 Å². The first-order valence-corrected chi connectivity index (χ1v) is 27.1. The molecular formula is C75H58N6. The number of nitrogens with zero attached hydrogens (tertiary/aromatic N) is 6. The number of hydrogen-bond donors (Lipinski definition) is 0. The summed E-state index contributed by atoms with van der Waals surface area (Å²) >= 11 is 0. The zero-order valence-electron chi connectivity index (χ0n) is 45.1. The molecule has 6 heteroatoms. The maximum atomic E-state index is 5.18. The molecule has 0 radical (unpaired) electrons. The molecule has 0 saturated carbocycles. The molecule has 0 unspecified atom stereocenters. The SMILES string of the molecule is C=C/C=C\C=C\c1nc(-c2ccc(C(c3ccc(-c4nc(C/C=C\C=C(/C)C(=C)/C=C\C=C)nc(-c5ccccc5)n4)cc3)(c3ccc4ccccc4c3)c3ccc4ccccc4c3)cc2)nc(-c2cccc(-c3ccccc3)c2)n1. The summed E-state index contributed by atoms with van der Waals surface area (Å²) in [6.45, 7) is 13.8. The summed E-state index contributed by atoms with van der Waals surface area (Å²) < 4.78 is 0. The lowest BCUT2D eigenvalue weighted by atomic mass is 9.64. The first-order valence-electron chi connectivity index (χ1n) is 27.1. The van der Waals surface area contributed by atoms with Gasteiger partial charge < -0.3 is 0 Å². The first-order chi connectivity index (χ1) is 39.9. The van der Waals surface area contributed by atoms with Gasteiger partial charge in [-0.2, -0.15) is 0 Å². The van der Waals surface area contributed by atoms with E-state index in [4.69, 9.17) is 29.9 Å². The van der Waals surface area contributed by atoms with Crippen molar-refractivity contribution in [1.82, 2.24) is 29.9 Å². The van der Waals surface area contributed by atoms with Crippen molar-refractivity contribution in [2.45, 2.75) is 18.8 Å². The molecule has 0 fully saturated rings. The van der Waals surface area contributed by atoms with Gasteiger partial charge in [-0.1, -0.05) is 281 Å². The predicted molar refractivity (Wildman–Crippen MR) is 337 cm³/mol. The summed E-state index contributed by atoms with van der Waals surface area (Å²) in [5.41, 5.74) is 11.2. The molecule has 2 heterocycles. The van der Waals surface area contributed by atoms with E-state index in [0.717, 1.165) is 88.3 Å². The minimum Gasteiger partial charge on any atom is -0.213 e. The van der Waals surface area contributed by atoms with Crippen LogP contribution in [0, 0.1) is 0 Å². The molecule has 6 nitrogen and oxygen atoms in total. The zero-order valence-corrected chi connectivity index (χ0v) is 45.1. The van der Waals surface area contributed by atoms with Crippen LogP contribution < -0.4 is 0 Å². The molecule has 11 rings (SSSR count). The van der Waals surface area contributed by atoms with Crippen LogP contribution in [0.15, 0.2) is 310 Å². The summed E-state index contributed by atoms with van der Waals surface area (Å²) in [6, 6.07) is 77.2. The van der Waals surface area contributed by atoms with Gasteiger partial charge >= 0.3 is 0 Å². The van der Waals surface area contributed by atoms with Crippen LogP contribution in [0.25, 0.3) is 84.3 Å². The largest absolute Gasteiger partial charge is 0.213 e. The Kier molecular flexibility index (Phi) is 15.8. The van der Waals surface area contributed by atoms with Crippen molar-refractivity contribution >= 4 is 27.6 Å². The van der Waals surface area contributed by atoms with Gasteiger partial charge in [-0.15, -0.1) is 0 Å². The van der Waals surface area contributed by atoms with Gasteiger partial charge in [0.05, 0.1) is 5.41 Å². The lowest BCUT2D eigenvalue weighted by molar-refractivity contribution is 0.748. The van der Waals surface area contributed by atoms with Gasteiger partial charge in [0, 0.05) is 28.7 Å². The second-order valence-corrected chi connectivity index (χ2v) is 19.7. The van der Waals surface area contributed by atoms with Crippen LogP contribution in [0.5, 0.6) is 0 Å². The van der Waals surface area contributed by atoms with Gasteiger partial charge in [-0.3, -0.25) is 0 Å². The molecule has 0 atom stereocenters. The van der Waals surface area contributed by atoms with E-state index in [9.17, 15) is 0 Å². The number of allylic oxidation sites excluding steroid dienone is 12. The molecule has 0 amide bonds. The molecule has 9 aromatic carbocycles. The number of benzene rings is 9. The minimum absolute atomic E-state index is 0.508. The van der Waals surface area contributed by atoms with E-state index in [2.05, 4.69) is 214 Å². The Bertz CT molecular complexity index is 4160. The summed E-state index contributed by atoms with van der Waals surface area (Å²) in [5, 5.41) is 4.62. The Hall–Kier alpha value is -10.6. The number of fused-ring (bicyclic) bond motifs is 2. The van der Waals surface area contributed by atoms with E-state index in [1.54, 1.807) is 12.2 Å². The van der Waals surface area contributed by atoms with E-state index >= 15 is 0 Å². The third kappa shape index (κ3) is 11.7. The van der Waals surface area contributed by atoms with Crippen LogP contribution >= 0.6 is 0 Å². The second-order valence-electron chi connectivity index (χ2n) is 19.7. The van der Waals surface area contributed by atoms with Gasteiger partial charge in [-0.25, -0.2) is 29.9 Å². The third-order valence-corrected chi connectivity index (χ3v) is 14.4. The topological polar surface area (TPSA) is 77.3 Å². The fraction of sp³-hybridized carbons (Fsp3) is 0.0400. The number of rotatable bonds is 18. The Morgan fingerprint density at radius 2 is 0.864 bits per heavy atom. The van der Waals surface area contributed by atoms with E-state index in [1.165, 1.54) is 0 Å². The molecule has 0 N–H and O–H groups in total. The highest BCUT2D eigenvalue weighted by Gasteiger charge is 2.39. The molecule has 81 heavy (non-hydrogen) atoms. The van der Waals surface area contributed by atoms with E-state index in [-0.39, 0.29) is 0 Å². The fourth-order valence-electron chi connectivity index (χ4n) is 10.2. The van der Waals surface area contributed by atoms with E-state index in [0.29, 0.717) is 41.4 Å². The lowest BCUT2D eigenvalue weighted by Crippen LogP contribution is -2.31. The molecular weight excluding hydrogens is 985 g/mol. The maximum Gasteiger partial charge on any atom is 0.164 e. The monoisotopic (exact) mass is 1040 g/mol. The third-order valence-electron chi connectivity index (χ3n) is 14.4. The number of hydrogen-bond acceptors (Lipinski definition) is 6. The summed E-state index contributed by atoms with van der Waals surface area (Å²) in [4.78, 5) is 30.4. The average Bonchev–Trinajstić information content (AvgIpc) is 3.60. The molecule has 0 aliphatic carbocycles. The molecule has 0 spiro atoms. The maximum absolute atomic E-state index is 5.18. The quantitative estimate of drug-likeness (QED) is 0.0629. The van der Waals surface area contributed by atoms with E-state index < -0.39 is 5.41 Å². The molecule has 0 saturated heterocycles. The minimum atomic E-state index is -0.832. The molecule has 0 aliphatic heterocycles. The van der Waals surface area contributed by atoms with Crippen LogP contribution in [0.3, 0.4) is 0 Å². The van der Waals surface area contributed by atoms with Crippen LogP contribution in [-0.2, 0) is 11.8 Å². The second kappa shape index (κ2) is 24.4. The normalized spacial score (nSPS) is 12.1. The Morgan fingerprint density at radius 3 is 1.43 bits per heavy atom. The fourth-order valence-corrected chi connectivity index (χ4v) is 10.2. The average molecular weight is 1040 g/mol. The molecule has 388 valence electrons. The molecule has 0 bridgehead atoms. The Morgan fingerprint density at radius 1 is 0.395 bits per heavy atom. The number of aromatic nitrogens is 6. The Balaban J connectivity index is 1.06. The molecule has 11 aromatic rings. The van der Waals surface area contributed by atoms with Crippen molar-refractivity contribution in [3.8, 4) is 56.7 Å². The summed E-state index contributed by atoms with van der Waals surface area (Å²) in [7, 11) is 0. The van der Waals surface area contributed by atoms with Crippen molar-refractivity contribution in [3.63, 3.8) is 0 Å². The molecule has 2 aromatic heterocycles. The van der Waals surface area contributed by atoms with Crippen molar-refractivity contribution in [3.05, 3.63) is 344 Å². The predicted octanol–water partition coefficient (Wildman–Crippen LogP) is 18.2. The van der Waals surface area contributed by atoms with Gasteiger partial charge in [0.1, 0.15) is 5.82 Å². The van der Waals surface area contributed by atoms with Crippen LogP contribution in [-0.4, -0.2) is 29.9 Å². The van der Waals surface area contributed by atoms with Gasteiger partial charge in [0.25, 0.3) is 0 Å². The lowest BCUT2D eigenvalue weighted by Gasteiger charge is -2.37. The van der Waals surface area contributed by atoms with Crippen molar-refractivity contribution < 1.29 is 0 Å². The summed E-state index contributed by atoms with van der Waals surface area (Å²) in [5.74, 6) is 3.55. The van der Waals surface area contributed by atoms with Crippen molar-refractivity contribution in [1.29, 1.82) is 0 Å². The van der Waals surface area contributed by atoms with Crippen LogP contribution in [0.2, 0.25) is 0 Å². The smallest absolute Gasteiger partial charge is 0.164 e. The molecule has 0 aliphatic rings. The highest BCUT2D eigenvalue weighted by atomic mass is 15.0. The van der Waals surface area contributed by atoms with Crippen LogP contribution in [0.1, 0.15) is 40.8 Å². The first kappa shape index (κ1) is 52.5. The highest BCUT2D eigenvalue weighted by molar-refractivity contribution is 5.87. The van der Waals surface area contributed by atoms with Crippen LogP contribution in [0.4, 0.5) is 0 Å². The van der Waals surface area contributed by atoms with Gasteiger partial charge in [-0.05, 0) is 97.3 Å². The van der Waals surface area contributed by atoms with Crippen molar-refractivity contribution in [2.75, 3.05) is 0 Å². The zero-order chi connectivity index (χ0) is 55.4. The Labute approximate surface area is 474 Å².